The van der Waals surface area contributed by atoms with Crippen LogP contribution in [0, 0.1) is 6.92 Å². The molecule has 0 saturated heterocycles. The summed E-state index contributed by atoms with van der Waals surface area (Å²) in [6.45, 7) is 4.06. The zero-order valence-corrected chi connectivity index (χ0v) is 14.1. The molecule has 2 rings (SSSR count). The lowest BCUT2D eigenvalue weighted by Gasteiger charge is -2.08. The van der Waals surface area contributed by atoms with Crippen LogP contribution in [0.25, 0.3) is 0 Å². The second-order valence-corrected chi connectivity index (χ2v) is 6.12. The van der Waals surface area contributed by atoms with Crippen molar-refractivity contribution in [3.8, 4) is 0 Å². The Morgan fingerprint density at radius 1 is 1.00 bits per heavy atom. The van der Waals surface area contributed by atoms with E-state index in [1.165, 1.54) is 17.3 Å². The number of amides is 2. The Kier molecular flexibility index (Phi) is 6.23. The van der Waals surface area contributed by atoms with Gasteiger partial charge in [0.15, 0.2) is 0 Å². The molecular weight excluding hydrogens is 308 g/mol. The van der Waals surface area contributed by atoms with E-state index in [0.717, 1.165) is 16.9 Å². The highest BCUT2D eigenvalue weighted by molar-refractivity contribution is 8.00. The highest BCUT2D eigenvalue weighted by Crippen LogP contribution is 2.21. The van der Waals surface area contributed by atoms with Crippen molar-refractivity contribution in [2.45, 2.75) is 25.2 Å². The second-order valence-electron chi connectivity index (χ2n) is 5.11. The minimum Gasteiger partial charge on any atom is -0.272 e. The largest absolute Gasteiger partial charge is 0.272 e. The van der Waals surface area contributed by atoms with E-state index in [2.05, 4.69) is 17.8 Å². The SMILES string of the molecule is CCc1ccc(C(=O)NNC(=O)CSc2ccccc2C)cc1. The molecule has 0 radical (unpaired) electrons. The van der Waals surface area contributed by atoms with Crippen LogP contribution in [0.5, 0.6) is 0 Å². The predicted molar refractivity (Wildman–Crippen MR) is 93.3 cm³/mol. The monoisotopic (exact) mass is 328 g/mol. The molecule has 0 aliphatic rings. The van der Waals surface area contributed by atoms with Gasteiger partial charge in [0, 0.05) is 10.5 Å². The van der Waals surface area contributed by atoms with Gasteiger partial charge in [-0.25, -0.2) is 0 Å². The van der Waals surface area contributed by atoms with Crippen molar-refractivity contribution in [2.75, 3.05) is 5.75 Å². The van der Waals surface area contributed by atoms with Gasteiger partial charge in [-0.3, -0.25) is 20.4 Å². The van der Waals surface area contributed by atoms with E-state index >= 15 is 0 Å². The summed E-state index contributed by atoms with van der Waals surface area (Å²) < 4.78 is 0. The van der Waals surface area contributed by atoms with Gasteiger partial charge >= 0.3 is 0 Å². The molecule has 0 aliphatic carbocycles. The summed E-state index contributed by atoms with van der Waals surface area (Å²) in [5, 5.41) is 0. The summed E-state index contributed by atoms with van der Waals surface area (Å²) in [4.78, 5) is 24.8. The maximum absolute atomic E-state index is 11.9. The fourth-order valence-electron chi connectivity index (χ4n) is 1.99. The highest BCUT2D eigenvalue weighted by atomic mass is 32.2. The van der Waals surface area contributed by atoms with Crippen molar-refractivity contribution in [1.82, 2.24) is 10.9 Å². The van der Waals surface area contributed by atoms with E-state index in [1.54, 1.807) is 12.1 Å². The number of carbonyl (C=O) groups is 2. The third kappa shape index (κ3) is 5.14. The molecule has 0 bridgehead atoms. The molecule has 2 amide bonds. The molecule has 23 heavy (non-hydrogen) atoms. The number of hydrogen-bond donors (Lipinski definition) is 2. The molecule has 0 fully saturated rings. The smallest absolute Gasteiger partial charge is 0.269 e. The van der Waals surface area contributed by atoms with Crippen molar-refractivity contribution < 1.29 is 9.59 Å². The summed E-state index contributed by atoms with van der Waals surface area (Å²) in [6.07, 6.45) is 0.925. The summed E-state index contributed by atoms with van der Waals surface area (Å²) >= 11 is 1.44. The molecule has 0 saturated carbocycles. The maximum atomic E-state index is 11.9. The number of hydrazine groups is 1. The van der Waals surface area contributed by atoms with Crippen molar-refractivity contribution in [3.63, 3.8) is 0 Å². The van der Waals surface area contributed by atoms with E-state index < -0.39 is 0 Å². The fraction of sp³-hybridized carbons (Fsp3) is 0.222. The van der Waals surface area contributed by atoms with Crippen LogP contribution in [-0.2, 0) is 11.2 Å². The number of hydrogen-bond acceptors (Lipinski definition) is 3. The molecule has 2 aromatic rings. The van der Waals surface area contributed by atoms with Gasteiger partial charge in [-0.15, -0.1) is 11.8 Å². The first-order valence-electron chi connectivity index (χ1n) is 7.46. The Morgan fingerprint density at radius 3 is 2.35 bits per heavy atom. The number of benzene rings is 2. The van der Waals surface area contributed by atoms with Crippen LogP contribution >= 0.6 is 11.8 Å². The molecule has 0 spiro atoms. The average molecular weight is 328 g/mol. The van der Waals surface area contributed by atoms with Crippen LogP contribution in [0.15, 0.2) is 53.4 Å². The number of carbonyl (C=O) groups excluding carboxylic acids is 2. The third-order valence-electron chi connectivity index (χ3n) is 3.39. The number of thioether (sulfide) groups is 1. The normalized spacial score (nSPS) is 10.2. The Balaban J connectivity index is 1.79. The minimum absolute atomic E-state index is 0.239. The van der Waals surface area contributed by atoms with E-state index in [9.17, 15) is 9.59 Å². The zero-order chi connectivity index (χ0) is 16.7. The van der Waals surface area contributed by atoms with E-state index in [-0.39, 0.29) is 17.6 Å². The van der Waals surface area contributed by atoms with Crippen LogP contribution in [0.1, 0.15) is 28.4 Å². The molecule has 120 valence electrons. The number of rotatable bonds is 5. The molecule has 0 aromatic heterocycles. The molecule has 4 nitrogen and oxygen atoms in total. The standard InChI is InChI=1S/C18H20N2O2S/c1-3-14-8-10-15(11-9-14)18(22)20-19-17(21)12-23-16-7-5-4-6-13(16)2/h4-11H,3,12H2,1-2H3,(H,19,21)(H,20,22). The maximum Gasteiger partial charge on any atom is 0.269 e. The summed E-state index contributed by atoms with van der Waals surface area (Å²) in [5.41, 5.74) is 7.69. The third-order valence-corrected chi connectivity index (χ3v) is 4.57. The second kappa shape index (κ2) is 8.39. The quantitative estimate of drug-likeness (QED) is 0.655. The Hall–Kier alpha value is -2.27. The Morgan fingerprint density at radius 2 is 1.70 bits per heavy atom. The number of aryl methyl sites for hydroxylation is 2. The molecule has 2 N–H and O–H groups in total. The zero-order valence-electron chi connectivity index (χ0n) is 13.3. The predicted octanol–water partition coefficient (Wildman–Crippen LogP) is 3.11. The average Bonchev–Trinajstić information content (AvgIpc) is 2.59. The molecule has 5 heteroatoms. The first-order chi connectivity index (χ1) is 11.1. The van der Waals surface area contributed by atoms with Crippen molar-refractivity contribution in [2.24, 2.45) is 0 Å². The van der Waals surface area contributed by atoms with Gasteiger partial charge in [0.25, 0.3) is 5.91 Å². The van der Waals surface area contributed by atoms with E-state index in [4.69, 9.17) is 0 Å². The lowest BCUT2D eigenvalue weighted by molar-refractivity contribution is -0.119. The van der Waals surface area contributed by atoms with Gasteiger partial charge < -0.3 is 0 Å². The molecular formula is C18H20N2O2S. The fourth-order valence-corrected chi connectivity index (χ4v) is 2.82. The summed E-state index contributed by atoms with van der Waals surface area (Å²) in [5.74, 6) is -0.307. The van der Waals surface area contributed by atoms with Gasteiger partial charge in [0.05, 0.1) is 5.75 Å². The van der Waals surface area contributed by atoms with Crippen molar-refractivity contribution in [3.05, 3.63) is 65.2 Å². The molecule has 0 atom stereocenters. The minimum atomic E-state index is -0.318. The first-order valence-corrected chi connectivity index (χ1v) is 8.45. The summed E-state index contributed by atoms with van der Waals surface area (Å²) in [6, 6.07) is 15.2. The van der Waals surface area contributed by atoms with Crippen LogP contribution in [0.3, 0.4) is 0 Å². The first kappa shape index (κ1) is 17.1. The van der Waals surface area contributed by atoms with E-state index in [1.807, 2.05) is 43.3 Å². The lowest BCUT2D eigenvalue weighted by atomic mass is 10.1. The molecule has 0 aliphatic heterocycles. The molecule has 0 unspecified atom stereocenters. The van der Waals surface area contributed by atoms with Gasteiger partial charge in [-0.1, -0.05) is 37.3 Å². The highest BCUT2D eigenvalue weighted by Gasteiger charge is 2.08. The van der Waals surface area contributed by atoms with Crippen LogP contribution in [-0.4, -0.2) is 17.6 Å². The Labute approximate surface area is 140 Å². The molecule has 0 heterocycles. The lowest BCUT2D eigenvalue weighted by Crippen LogP contribution is -2.42. The molecule has 2 aromatic carbocycles. The van der Waals surface area contributed by atoms with Gasteiger partial charge in [-0.2, -0.15) is 0 Å². The van der Waals surface area contributed by atoms with Crippen LogP contribution in [0.4, 0.5) is 0 Å². The van der Waals surface area contributed by atoms with Crippen LogP contribution < -0.4 is 10.9 Å². The summed E-state index contributed by atoms with van der Waals surface area (Å²) in [7, 11) is 0. The number of nitrogens with one attached hydrogen (secondary N) is 2. The van der Waals surface area contributed by atoms with Crippen LogP contribution in [0.2, 0.25) is 0 Å². The van der Waals surface area contributed by atoms with Gasteiger partial charge in [-0.05, 0) is 42.7 Å². The van der Waals surface area contributed by atoms with E-state index in [0.29, 0.717) is 5.56 Å². The van der Waals surface area contributed by atoms with Crippen molar-refractivity contribution >= 4 is 23.6 Å². The van der Waals surface area contributed by atoms with Gasteiger partial charge in [0.2, 0.25) is 5.91 Å². The van der Waals surface area contributed by atoms with Crippen molar-refractivity contribution in [1.29, 1.82) is 0 Å². The Bertz CT molecular complexity index is 684. The van der Waals surface area contributed by atoms with Gasteiger partial charge in [0.1, 0.15) is 0 Å². The topological polar surface area (TPSA) is 58.2 Å².